The molecule has 3 aliphatic heterocycles. The maximum atomic E-state index is 10.6. The summed E-state index contributed by atoms with van der Waals surface area (Å²) in [5.74, 6) is 0. The van der Waals surface area contributed by atoms with E-state index in [-0.39, 0.29) is 13.2 Å². The highest BCUT2D eigenvalue weighted by Gasteiger charge is 2.57. The van der Waals surface area contributed by atoms with Crippen LogP contribution in [-0.2, 0) is 9.47 Å². The number of fused-ring (bicyclic) bond motifs is 1. The summed E-state index contributed by atoms with van der Waals surface area (Å²) in [6, 6.07) is 0. The van der Waals surface area contributed by atoms with Crippen LogP contribution in [0.1, 0.15) is 0 Å². The Kier molecular flexibility index (Phi) is 2.81. The minimum atomic E-state index is -1.11. The molecule has 0 saturated carbocycles. The number of hydrogen-bond donors (Lipinski definition) is 2. The zero-order chi connectivity index (χ0) is 11.2. The maximum Gasteiger partial charge on any atom is 0.148 e. The van der Waals surface area contributed by atoms with Gasteiger partial charge in [-0.25, -0.2) is 0 Å². The first-order chi connectivity index (χ1) is 7.72. The first kappa shape index (κ1) is 11.1. The van der Waals surface area contributed by atoms with Crippen molar-refractivity contribution in [2.75, 3.05) is 13.2 Å². The van der Waals surface area contributed by atoms with Gasteiger partial charge in [0.25, 0.3) is 0 Å². The lowest BCUT2D eigenvalue weighted by Gasteiger charge is -2.29. The van der Waals surface area contributed by atoms with Crippen LogP contribution in [0, 0.1) is 0 Å². The number of hydrogen-bond acceptors (Lipinski definition) is 6. The summed E-state index contributed by atoms with van der Waals surface area (Å²) in [5.41, 5.74) is -1.11. The van der Waals surface area contributed by atoms with Crippen molar-refractivity contribution >= 4 is 23.5 Å². The van der Waals surface area contributed by atoms with Crippen molar-refractivity contribution in [2.45, 2.75) is 23.9 Å². The van der Waals surface area contributed by atoms with Crippen LogP contribution in [0.2, 0.25) is 0 Å². The van der Waals surface area contributed by atoms with Gasteiger partial charge in [0.2, 0.25) is 0 Å². The summed E-state index contributed by atoms with van der Waals surface area (Å²) in [4.78, 5) is 0.835. The van der Waals surface area contributed by atoms with Crippen molar-refractivity contribution in [2.24, 2.45) is 0 Å². The lowest BCUT2D eigenvalue weighted by atomic mass is 9.96. The fourth-order valence-corrected chi connectivity index (χ4v) is 3.98. The molecular formula is C10H12O4S2. The van der Waals surface area contributed by atoms with Crippen LogP contribution in [0.3, 0.4) is 0 Å². The normalized spacial score (nSPS) is 46.9. The second kappa shape index (κ2) is 4.04. The van der Waals surface area contributed by atoms with Gasteiger partial charge in [0.1, 0.15) is 23.9 Å². The van der Waals surface area contributed by atoms with Gasteiger partial charge < -0.3 is 19.7 Å². The van der Waals surface area contributed by atoms with E-state index in [0.717, 1.165) is 4.91 Å². The molecule has 88 valence electrons. The molecule has 0 aliphatic carbocycles. The number of aliphatic hydroxyl groups is 2. The predicted molar refractivity (Wildman–Crippen MR) is 62.8 cm³/mol. The van der Waals surface area contributed by atoms with E-state index in [2.05, 4.69) is 0 Å². The van der Waals surface area contributed by atoms with Crippen molar-refractivity contribution in [1.29, 1.82) is 0 Å². The Bertz CT molecular complexity index is 357. The van der Waals surface area contributed by atoms with Crippen molar-refractivity contribution in [1.82, 2.24) is 0 Å². The van der Waals surface area contributed by atoms with Gasteiger partial charge >= 0.3 is 0 Å². The molecule has 0 aromatic rings. The average molecular weight is 260 g/mol. The minimum absolute atomic E-state index is 0.187. The molecule has 0 spiro atoms. The molecule has 4 nitrogen and oxygen atoms in total. The summed E-state index contributed by atoms with van der Waals surface area (Å²) >= 11 is 3.00. The molecule has 2 N–H and O–H groups in total. The Morgan fingerprint density at radius 1 is 1.38 bits per heavy atom. The summed E-state index contributed by atoms with van der Waals surface area (Å²) in [7, 11) is 0. The molecule has 0 amide bonds. The molecule has 3 heterocycles. The molecular weight excluding hydrogens is 248 g/mol. The largest absolute Gasteiger partial charge is 0.388 e. The lowest BCUT2D eigenvalue weighted by molar-refractivity contribution is -0.0405. The minimum Gasteiger partial charge on any atom is -0.388 e. The molecule has 0 bridgehead atoms. The van der Waals surface area contributed by atoms with Gasteiger partial charge in [-0.2, -0.15) is 0 Å². The van der Waals surface area contributed by atoms with Gasteiger partial charge in [-0.15, -0.1) is 11.8 Å². The van der Waals surface area contributed by atoms with Crippen LogP contribution < -0.4 is 0 Å². The molecule has 3 aliphatic rings. The Morgan fingerprint density at radius 3 is 3.00 bits per heavy atom. The quantitative estimate of drug-likeness (QED) is 0.722. The zero-order valence-corrected chi connectivity index (χ0v) is 10.0. The van der Waals surface area contributed by atoms with E-state index in [0.29, 0.717) is 0 Å². The van der Waals surface area contributed by atoms with E-state index in [4.69, 9.17) is 9.47 Å². The highest BCUT2D eigenvalue weighted by atomic mass is 32.2. The van der Waals surface area contributed by atoms with Crippen LogP contribution in [0.5, 0.6) is 0 Å². The monoisotopic (exact) mass is 260 g/mol. The van der Waals surface area contributed by atoms with Gasteiger partial charge in [0.05, 0.1) is 13.2 Å². The Hall–Kier alpha value is 0.0200. The molecule has 0 aromatic heterocycles. The van der Waals surface area contributed by atoms with E-state index >= 15 is 0 Å². The Balaban J connectivity index is 1.86. The van der Waals surface area contributed by atoms with Gasteiger partial charge in [0.15, 0.2) is 0 Å². The van der Waals surface area contributed by atoms with E-state index < -0.39 is 23.9 Å². The van der Waals surface area contributed by atoms with Gasteiger partial charge in [-0.3, -0.25) is 0 Å². The number of rotatable bonds is 1. The summed E-state index contributed by atoms with van der Waals surface area (Å²) in [6.45, 7) is 0.422. The molecule has 4 atom stereocenters. The van der Waals surface area contributed by atoms with Crippen LogP contribution in [0.4, 0.5) is 0 Å². The van der Waals surface area contributed by atoms with Crippen molar-refractivity contribution in [3.63, 3.8) is 0 Å². The van der Waals surface area contributed by atoms with E-state index in [1.807, 2.05) is 16.2 Å². The second-order valence-corrected chi connectivity index (χ2v) is 5.76. The highest BCUT2D eigenvalue weighted by Crippen LogP contribution is 2.45. The van der Waals surface area contributed by atoms with Crippen molar-refractivity contribution < 1.29 is 19.7 Å². The fraction of sp³-hybridized carbons (Fsp3) is 0.600. The third kappa shape index (κ3) is 1.56. The van der Waals surface area contributed by atoms with E-state index in [9.17, 15) is 10.2 Å². The third-order valence-corrected chi connectivity index (χ3v) is 5.01. The van der Waals surface area contributed by atoms with Gasteiger partial charge in [-0.1, -0.05) is 11.8 Å². The van der Waals surface area contributed by atoms with Crippen LogP contribution in [0.15, 0.2) is 21.1 Å². The molecule has 2 saturated heterocycles. The van der Waals surface area contributed by atoms with Crippen molar-refractivity contribution in [3.8, 4) is 0 Å². The Labute approximate surface area is 102 Å². The molecule has 0 aromatic carbocycles. The third-order valence-electron chi connectivity index (χ3n) is 3.02. The standard InChI is InChI=1S/C10H12O4S2/c11-6-3-13-9-8(6)14-5-10(9,12)7-4-15-1-2-16-7/h1-2,4,6,8-9,11-12H,3,5H2/t6-,8-,9+,10+/m1/s1. The molecule has 6 heteroatoms. The van der Waals surface area contributed by atoms with Gasteiger partial charge in [-0.05, 0) is 16.2 Å². The number of thioether (sulfide) groups is 2. The smallest absolute Gasteiger partial charge is 0.148 e. The molecule has 16 heavy (non-hydrogen) atoms. The predicted octanol–water partition coefficient (Wildman–Crippen LogP) is 0.669. The fourth-order valence-electron chi connectivity index (χ4n) is 2.18. The van der Waals surface area contributed by atoms with Crippen LogP contribution in [-0.4, -0.2) is 47.3 Å². The summed E-state index contributed by atoms with van der Waals surface area (Å²) in [5, 5.41) is 26.0. The molecule has 3 rings (SSSR count). The maximum absolute atomic E-state index is 10.6. The van der Waals surface area contributed by atoms with E-state index in [1.165, 1.54) is 23.5 Å². The zero-order valence-electron chi connectivity index (χ0n) is 8.41. The second-order valence-electron chi connectivity index (χ2n) is 4.03. The highest BCUT2D eigenvalue weighted by molar-refractivity contribution is 8.11. The Morgan fingerprint density at radius 2 is 2.25 bits per heavy atom. The van der Waals surface area contributed by atoms with Gasteiger partial charge in [0, 0.05) is 4.91 Å². The SMILES string of the molecule is O[C@@H]1CO[C@H]2[C@@H]1OC[C@]2(O)C1=CSC=CS1. The van der Waals surface area contributed by atoms with E-state index in [1.54, 1.807) is 0 Å². The molecule has 0 unspecified atom stereocenters. The topological polar surface area (TPSA) is 58.9 Å². The number of ether oxygens (including phenoxy) is 2. The molecule has 2 fully saturated rings. The summed E-state index contributed by atoms with van der Waals surface area (Å²) < 4.78 is 10.9. The van der Waals surface area contributed by atoms with Crippen molar-refractivity contribution in [3.05, 3.63) is 21.1 Å². The molecule has 0 radical (unpaired) electrons. The first-order valence-electron chi connectivity index (χ1n) is 5.03. The van der Waals surface area contributed by atoms with Crippen LogP contribution >= 0.6 is 23.5 Å². The summed E-state index contributed by atoms with van der Waals surface area (Å²) in [6.07, 6.45) is -1.48. The lowest BCUT2D eigenvalue weighted by Crippen LogP contribution is -2.44. The van der Waals surface area contributed by atoms with Crippen LogP contribution in [0.25, 0.3) is 0 Å². The number of aliphatic hydroxyl groups excluding tert-OH is 1. The average Bonchev–Trinajstić information content (AvgIpc) is 2.84. The first-order valence-corrected chi connectivity index (χ1v) is 6.85.